The van der Waals surface area contributed by atoms with Crippen LogP contribution in [-0.4, -0.2) is 13.3 Å². The summed E-state index contributed by atoms with van der Waals surface area (Å²) in [5.41, 5.74) is 6.99. The van der Waals surface area contributed by atoms with Crippen molar-refractivity contribution in [1.82, 2.24) is 0 Å². The molecule has 0 amide bonds. The van der Waals surface area contributed by atoms with Crippen LogP contribution in [0.1, 0.15) is 13.8 Å². The van der Waals surface area contributed by atoms with Crippen LogP contribution in [0.25, 0.3) is 0 Å². The van der Waals surface area contributed by atoms with E-state index in [9.17, 15) is 0 Å². The van der Waals surface area contributed by atoms with E-state index < -0.39 is 0 Å². The molecule has 0 aliphatic heterocycles. The van der Waals surface area contributed by atoms with Gasteiger partial charge in [0.2, 0.25) is 0 Å². The minimum Gasteiger partial charge on any atom is -0.325 e. The zero-order valence-corrected chi connectivity index (χ0v) is 10.5. The first-order valence-electron chi connectivity index (χ1n) is 5.09. The van der Waals surface area contributed by atoms with Gasteiger partial charge in [0.15, 0.2) is 0 Å². The predicted octanol–water partition coefficient (Wildman–Crippen LogP) is 3.26. The number of nitrogens with zero attached hydrogens (tertiary/aromatic N) is 2. The first-order chi connectivity index (χ1) is 7.69. The maximum absolute atomic E-state index is 5.76. The van der Waals surface area contributed by atoms with E-state index in [-0.39, 0.29) is 0 Å². The molecule has 0 aromatic heterocycles. The molecule has 16 heavy (non-hydrogen) atoms. The molecule has 0 heterocycles. The summed E-state index contributed by atoms with van der Waals surface area (Å²) in [6.45, 7) is 11.6. The Morgan fingerprint density at radius 2 is 1.88 bits per heavy atom. The largest absolute Gasteiger partial charge is 0.325 e. The summed E-state index contributed by atoms with van der Waals surface area (Å²) in [5.74, 6) is 0. The van der Waals surface area contributed by atoms with E-state index in [4.69, 9.17) is 17.3 Å². The summed E-state index contributed by atoms with van der Waals surface area (Å²) in [4.78, 5) is 0. The minimum absolute atomic E-state index is 0.335. The topological polar surface area (TPSA) is 41.6 Å². The summed E-state index contributed by atoms with van der Waals surface area (Å²) >= 11 is 5.76. The summed E-state index contributed by atoms with van der Waals surface area (Å²) in [6.07, 6.45) is 0. The van der Waals surface area contributed by atoms with Gasteiger partial charge in [-0.05, 0) is 24.3 Å². The number of benzene rings is 1. The molecule has 2 N–H and O–H groups in total. The number of hydrogen-bond acceptors (Lipinski definition) is 3. The van der Waals surface area contributed by atoms with Crippen molar-refractivity contribution < 1.29 is 0 Å². The summed E-state index contributed by atoms with van der Waals surface area (Å²) < 4.78 is 0. The third kappa shape index (κ3) is 4.04. The van der Waals surface area contributed by atoms with Gasteiger partial charge in [-0.15, -0.1) is 0 Å². The molecule has 0 atom stereocenters. The lowest BCUT2D eigenvalue weighted by atomic mass is 10.3. The van der Waals surface area contributed by atoms with Gasteiger partial charge in [0.05, 0.1) is 5.69 Å². The fourth-order valence-electron chi connectivity index (χ4n) is 1.03. The van der Waals surface area contributed by atoms with Gasteiger partial charge in [0.25, 0.3) is 0 Å². The van der Waals surface area contributed by atoms with Crippen LogP contribution in [0, 0.1) is 0 Å². The van der Waals surface area contributed by atoms with E-state index in [0.717, 1.165) is 5.69 Å². The van der Waals surface area contributed by atoms with E-state index >= 15 is 0 Å². The van der Waals surface area contributed by atoms with Crippen molar-refractivity contribution in [1.29, 1.82) is 0 Å². The molecule has 0 aliphatic carbocycles. The van der Waals surface area contributed by atoms with Gasteiger partial charge >= 0.3 is 0 Å². The standard InChI is InChI=1S/C10H12ClN3.C2H6/c1-8(7-12)14(13-2)10-5-3-9(11)4-6-10;1-2/h3-6H,1-2,7,12H2;1-2H3. The van der Waals surface area contributed by atoms with Crippen LogP contribution < -0.4 is 10.7 Å². The zero-order chi connectivity index (χ0) is 12.6. The molecule has 0 aliphatic rings. The molecule has 0 fully saturated rings. The average Bonchev–Trinajstić information content (AvgIpc) is 2.34. The van der Waals surface area contributed by atoms with E-state index in [1.807, 2.05) is 26.0 Å². The van der Waals surface area contributed by atoms with Gasteiger partial charge in [0.1, 0.15) is 0 Å². The zero-order valence-electron chi connectivity index (χ0n) is 9.78. The van der Waals surface area contributed by atoms with Gasteiger partial charge in [-0.1, -0.05) is 32.0 Å². The number of halogens is 1. The third-order valence-corrected chi connectivity index (χ3v) is 2.00. The van der Waals surface area contributed by atoms with Crippen molar-refractivity contribution in [2.24, 2.45) is 10.8 Å². The van der Waals surface area contributed by atoms with E-state index in [0.29, 0.717) is 17.3 Å². The Morgan fingerprint density at radius 3 is 2.25 bits per heavy atom. The highest BCUT2D eigenvalue weighted by molar-refractivity contribution is 6.30. The van der Waals surface area contributed by atoms with Crippen LogP contribution in [0.15, 0.2) is 41.6 Å². The Hall–Kier alpha value is -1.32. The Bertz CT molecular complexity index is 333. The molecule has 1 aromatic rings. The quantitative estimate of drug-likeness (QED) is 0.647. The smallest absolute Gasteiger partial charge is 0.0649 e. The molecule has 1 rings (SSSR count). The Balaban J connectivity index is 0.00000106. The second-order valence-corrected chi connectivity index (χ2v) is 3.14. The molecule has 0 spiro atoms. The summed E-state index contributed by atoms with van der Waals surface area (Å²) in [5, 5.41) is 6.08. The lowest BCUT2D eigenvalue weighted by molar-refractivity contribution is 0.956. The van der Waals surface area contributed by atoms with Crippen LogP contribution in [0.5, 0.6) is 0 Å². The highest BCUT2D eigenvalue weighted by Crippen LogP contribution is 2.20. The van der Waals surface area contributed by atoms with Crippen molar-refractivity contribution in [3.05, 3.63) is 41.6 Å². The fraction of sp³-hybridized carbons (Fsp3) is 0.250. The molecule has 1 aromatic carbocycles. The van der Waals surface area contributed by atoms with Crippen molar-refractivity contribution in [3.63, 3.8) is 0 Å². The van der Waals surface area contributed by atoms with Gasteiger partial charge in [-0.2, -0.15) is 5.10 Å². The number of hydrazone groups is 1. The first-order valence-corrected chi connectivity index (χ1v) is 5.47. The van der Waals surface area contributed by atoms with E-state index in [1.165, 1.54) is 0 Å². The molecular formula is C12H18ClN3. The van der Waals surface area contributed by atoms with Crippen LogP contribution in [0.4, 0.5) is 5.69 Å². The van der Waals surface area contributed by atoms with Crippen molar-refractivity contribution in [2.75, 3.05) is 11.6 Å². The normalized spacial score (nSPS) is 8.75. The van der Waals surface area contributed by atoms with Crippen LogP contribution in [-0.2, 0) is 0 Å². The molecule has 0 saturated heterocycles. The van der Waals surface area contributed by atoms with Crippen molar-refractivity contribution >= 4 is 24.0 Å². The molecule has 88 valence electrons. The molecule has 4 heteroatoms. The highest BCUT2D eigenvalue weighted by atomic mass is 35.5. The lowest BCUT2D eigenvalue weighted by Gasteiger charge is -2.19. The maximum atomic E-state index is 5.76. The van der Waals surface area contributed by atoms with Gasteiger partial charge < -0.3 is 5.73 Å². The monoisotopic (exact) mass is 239 g/mol. The average molecular weight is 240 g/mol. The van der Waals surface area contributed by atoms with E-state index in [1.54, 1.807) is 17.1 Å². The second-order valence-electron chi connectivity index (χ2n) is 2.70. The van der Waals surface area contributed by atoms with Gasteiger partial charge in [0, 0.05) is 24.0 Å². The number of rotatable bonds is 4. The molecule has 0 radical (unpaired) electrons. The summed E-state index contributed by atoms with van der Waals surface area (Å²) in [7, 11) is 0. The minimum atomic E-state index is 0.335. The Morgan fingerprint density at radius 1 is 1.38 bits per heavy atom. The molecule has 0 bridgehead atoms. The van der Waals surface area contributed by atoms with E-state index in [2.05, 4.69) is 18.4 Å². The molecule has 3 nitrogen and oxygen atoms in total. The van der Waals surface area contributed by atoms with Crippen LogP contribution >= 0.6 is 11.6 Å². The molecule has 0 unspecified atom stereocenters. The number of hydrogen-bond donors (Lipinski definition) is 1. The first kappa shape index (κ1) is 14.7. The number of anilines is 1. The van der Waals surface area contributed by atoms with Crippen LogP contribution in [0.3, 0.4) is 0 Å². The predicted molar refractivity (Wildman–Crippen MR) is 73.0 cm³/mol. The van der Waals surface area contributed by atoms with Crippen molar-refractivity contribution in [3.8, 4) is 0 Å². The fourth-order valence-corrected chi connectivity index (χ4v) is 1.16. The SMILES string of the molecule is C=NN(C(=C)CN)c1ccc(Cl)cc1.CC. The Kier molecular flexibility index (Phi) is 7.25. The lowest BCUT2D eigenvalue weighted by Crippen LogP contribution is -2.20. The number of nitrogens with two attached hydrogens (primary N) is 1. The van der Waals surface area contributed by atoms with Gasteiger partial charge in [-0.3, -0.25) is 0 Å². The second kappa shape index (κ2) is 7.91. The maximum Gasteiger partial charge on any atom is 0.0649 e. The highest BCUT2D eigenvalue weighted by Gasteiger charge is 2.05. The third-order valence-electron chi connectivity index (χ3n) is 1.75. The molecular weight excluding hydrogens is 222 g/mol. The summed E-state index contributed by atoms with van der Waals surface area (Å²) in [6, 6.07) is 7.22. The Labute approximate surface area is 102 Å². The van der Waals surface area contributed by atoms with Gasteiger partial charge in [-0.25, -0.2) is 5.01 Å². The van der Waals surface area contributed by atoms with Crippen LogP contribution in [0.2, 0.25) is 5.02 Å². The molecule has 0 saturated carbocycles. The van der Waals surface area contributed by atoms with Crippen molar-refractivity contribution in [2.45, 2.75) is 13.8 Å².